The van der Waals surface area contributed by atoms with Gasteiger partial charge in [-0.3, -0.25) is 4.79 Å². The molecule has 0 radical (unpaired) electrons. The van der Waals surface area contributed by atoms with Gasteiger partial charge in [-0.2, -0.15) is 13.2 Å². The molecule has 1 atom stereocenters. The minimum atomic E-state index is -4.47. The quantitative estimate of drug-likeness (QED) is 0.746. The first-order chi connectivity index (χ1) is 8.40. The van der Waals surface area contributed by atoms with Crippen LogP contribution in [0.5, 0.6) is 0 Å². The van der Waals surface area contributed by atoms with Crippen LogP contribution in [0.3, 0.4) is 0 Å². The van der Waals surface area contributed by atoms with Gasteiger partial charge in [0.05, 0.1) is 11.7 Å². The maximum atomic E-state index is 12.5. The molecule has 3 nitrogen and oxygen atoms in total. The Hall–Kier alpha value is -0.980. The summed E-state index contributed by atoms with van der Waals surface area (Å²) in [5, 5.41) is 0.186. The molecule has 0 amide bonds. The zero-order valence-corrected chi connectivity index (χ0v) is 10.9. The lowest BCUT2D eigenvalue weighted by molar-refractivity contribution is -0.145. The summed E-state index contributed by atoms with van der Waals surface area (Å²) in [5.74, 6) is -0.671. The van der Waals surface area contributed by atoms with Crippen LogP contribution in [0.4, 0.5) is 13.2 Å². The molecule has 102 valence electrons. The fourth-order valence-corrected chi connectivity index (χ4v) is 2.32. The molecule has 0 aromatic rings. The number of carbonyl (C=O) groups is 1. The van der Waals surface area contributed by atoms with Gasteiger partial charge in [-0.1, -0.05) is 13.0 Å². The Morgan fingerprint density at radius 1 is 1.56 bits per heavy atom. The Labute approximate surface area is 107 Å². The Bertz CT molecular complexity index is 377. The monoisotopic (exact) mass is 281 g/mol. The zero-order chi connectivity index (χ0) is 13.8. The highest BCUT2D eigenvalue weighted by atomic mass is 32.2. The van der Waals surface area contributed by atoms with E-state index in [0.717, 1.165) is 17.8 Å². The second-order valence-electron chi connectivity index (χ2n) is 3.51. The zero-order valence-electron chi connectivity index (χ0n) is 10.1. The Morgan fingerprint density at radius 2 is 2.22 bits per heavy atom. The van der Waals surface area contributed by atoms with Crippen molar-refractivity contribution in [3.63, 3.8) is 0 Å². The third-order valence-corrected chi connectivity index (χ3v) is 3.19. The average molecular weight is 281 g/mol. The standard InChI is InChI=1S/C11H14F3NO2S/c1-3-17-10(16)7-5-6-8(11(12,13)14)15-9(7)18-4-2/h6-7H,3-5H2,1-2H3. The van der Waals surface area contributed by atoms with Crippen LogP contribution in [0.25, 0.3) is 0 Å². The maximum absolute atomic E-state index is 12.5. The van der Waals surface area contributed by atoms with E-state index in [1.54, 1.807) is 13.8 Å². The van der Waals surface area contributed by atoms with E-state index >= 15 is 0 Å². The summed E-state index contributed by atoms with van der Waals surface area (Å²) < 4.78 is 42.4. The first-order valence-electron chi connectivity index (χ1n) is 5.55. The number of hydrogen-bond acceptors (Lipinski definition) is 4. The summed E-state index contributed by atoms with van der Waals surface area (Å²) in [7, 11) is 0. The minimum absolute atomic E-state index is 0.0144. The van der Waals surface area contributed by atoms with Gasteiger partial charge in [0.2, 0.25) is 0 Å². The molecule has 0 aromatic carbocycles. The van der Waals surface area contributed by atoms with E-state index in [4.69, 9.17) is 4.74 Å². The van der Waals surface area contributed by atoms with Crippen LogP contribution >= 0.6 is 11.8 Å². The Morgan fingerprint density at radius 3 is 2.72 bits per heavy atom. The van der Waals surface area contributed by atoms with E-state index in [2.05, 4.69) is 4.99 Å². The van der Waals surface area contributed by atoms with Crippen molar-refractivity contribution in [3.05, 3.63) is 11.8 Å². The Balaban J connectivity index is 2.91. The summed E-state index contributed by atoms with van der Waals surface area (Å²) in [6.45, 7) is 3.65. The summed E-state index contributed by atoms with van der Waals surface area (Å²) >= 11 is 1.14. The van der Waals surface area contributed by atoms with Gasteiger partial charge in [0.15, 0.2) is 0 Å². The number of alkyl halides is 3. The maximum Gasteiger partial charge on any atom is 0.433 e. The van der Waals surface area contributed by atoms with Gasteiger partial charge in [-0.25, -0.2) is 4.99 Å². The first-order valence-corrected chi connectivity index (χ1v) is 6.54. The van der Waals surface area contributed by atoms with Crippen LogP contribution in [0.2, 0.25) is 0 Å². The van der Waals surface area contributed by atoms with Crippen LogP contribution in [-0.4, -0.2) is 29.5 Å². The molecule has 0 aliphatic carbocycles. The first kappa shape index (κ1) is 15.1. The number of halogens is 3. The number of aliphatic imine (C=N–C) groups is 1. The molecule has 0 N–H and O–H groups in total. The van der Waals surface area contributed by atoms with E-state index in [1.807, 2.05) is 0 Å². The number of rotatable bonds is 3. The summed E-state index contributed by atoms with van der Waals surface area (Å²) in [4.78, 5) is 15.2. The number of ether oxygens (including phenoxy) is 1. The SMILES string of the molecule is CCOC(=O)C1CC=C(C(F)(F)F)N=C1SCC. The second kappa shape index (κ2) is 6.26. The fourth-order valence-electron chi connectivity index (χ4n) is 1.47. The van der Waals surface area contributed by atoms with Gasteiger partial charge in [-0.15, -0.1) is 11.8 Å². The summed E-state index contributed by atoms with van der Waals surface area (Å²) in [5.41, 5.74) is -0.931. The topological polar surface area (TPSA) is 38.7 Å². The molecule has 0 saturated heterocycles. The molecular formula is C11H14F3NO2S. The molecule has 0 saturated carbocycles. The van der Waals surface area contributed by atoms with Gasteiger partial charge in [0.1, 0.15) is 11.6 Å². The van der Waals surface area contributed by atoms with Crippen molar-refractivity contribution >= 4 is 22.8 Å². The van der Waals surface area contributed by atoms with Crippen molar-refractivity contribution in [2.24, 2.45) is 10.9 Å². The third-order valence-electron chi connectivity index (χ3n) is 2.23. The van der Waals surface area contributed by atoms with E-state index in [1.165, 1.54) is 0 Å². The van der Waals surface area contributed by atoms with E-state index in [0.29, 0.717) is 5.75 Å². The molecule has 0 fully saturated rings. The number of thioether (sulfide) groups is 1. The Kier molecular flexibility index (Phi) is 5.25. The number of hydrogen-bond donors (Lipinski definition) is 0. The van der Waals surface area contributed by atoms with Gasteiger partial charge in [0.25, 0.3) is 0 Å². The molecule has 0 bridgehead atoms. The second-order valence-corrected chi connectivity index (χ2v) is 4.79. The molecule has 0 spiro atoms. The molecule has 7 heteroatoms. The predicted octanol–water partition coefficient (Wildman–Crippen LogP) is 3.17. The lowest BCUT2D eigenvalue weighted by atomic mass is 10.0. The van der Waals surface area contributed by atoms with Gasteiger partial charge >= 0.3 is 12.1 Å². The molecule has 1 heterocycles. The van der Waals surface area contributed by atoms with E-state index in [-0.39, 0.29) is 18.1 Å². The average Bonchev–Trinajstić information content (AvgIpc) is 2.28. The lowest BCUT2D eigenvalue weighted by Crippen LogP contribution is -2.28. The van der Waals surface area contributed by atoms with Gasteiger partial charge in [0, 0.05) is 0 Å². The van der Waals surface area contributed by atoms with E-state index < -0.39 is 23.8 Å². The number of nitrogens with zero attached hydrogens (tertiary/aromatic N) is 1. The molecule has 1 aliphatic heterocycles. The van der Waals surface area contributed by atoms with Gasteiger partial charge in [-0.05, 0) is 19.1 Å². The molecule has 18 heavy (non-hydrogen) atoms. The van der Waals surface area contributed by atoms with Crippen molar-refractivity contribution < 1.29 is 22.7 Å². The number of esters is 1. The smallest absolute Gasteiger partial charge is 0.433 e. The summed E-state index contributed by atoms with van der Waals surface area (Å²) in [6, 6.07) is 0. The highest BCUT2D eigenvalue weighted by Gasteiger charge is 2.38. The van der Waals surface area contributed by atoms with Crippen molar-refractivity contribution in [2.45, 2.75) is 26.4 Å². The van der Waals surface area contributed by atoms with Crippen molar-refractivity contribution in [2.75, 3.05) is 12.4 Å². The number of allylic oxidation sites excluding steroid dienone is 2. The molecule has 0 aromatic heterocycles. The van der Waals surface area contributed by atoms with Crippen molar-refractivity contribution in [3.8, 4) is 0 Å². The van der Waals surface area contributed by atoms with Crippen LogP contribution in [0.15, 0.2) is 16.8 Å². The van der Waals surface area contributed by atoms with Crippen molar-refractivity contribution in [1.82, 2.24) is 0 Å². The van der Waals surface area contributed by atoms with Gasteiger partial charge < -0.3 is 4.74 Å². The lowest BCUT2D eigenvalue weighted by Gasteiger charge is -2.21. The third kappa shape index (κ3) is 3.76. The molecular weight excluding hydrogens is 267 g/mol. The number of carbonyl (C=O) groups excluding carboxylic acids is 1. The highest BCUT2D eigenvalue weighted by molar-refractivity contribution is 8.14. The predicted molar refractivity (Wildman–Crippen MR) is 64.4 cm³/mol. The fraction of sp³-hybridized carbons (Fsp3) is 0.636. The van der Waals surface area contributed by atoms with E-state index in [9.17, 15) is 18.0 Å². The van der Waals surface area contributed by atoms with Crippen LogP contribution < -0.4 is 0 Å². The molecule has 1 aliphatic rings. The molecule has 1 rings (SSSR count). The van der Waals surface area contributed by atoms with Crippen LogP contribution in [0, 0.1) is 5.92 Å². The largest absolute Gasteiger partial charge is 0.465 e. The highest BCUT2D eigenvalue weighted by Crippen LogP contribution is 2.34. The van der Waals surface area contributed by atoms with Crippen molar-refractivity contribution in [1.29, 1.82) is 0 Å². The normalized spacial score (nSPS) is 20.2. The minimum Gasteiger partial charge on any atom is -0.465 e. The summed E-state index contributed by atoms with van der Waals surface area (Å²) in [6.07, 6.45) is -3.54. The van der Waals surface area contributed by atoms with Crippen LogP contribution in [0.1, 0.15) is 20.3 Å². The van der Waals surface area contributed by atoms with Crippen LogP contribution in [-0.2, 0) is 9.53 Å². The molecule has 1 unspecified atom stereocenters.